The summed E-state index contributed by atoms with van der Waals surface area (Å²) >= 11 is 0.833. The number of carbonyl (C=O) groups excluding carboxylic acids is 1. The van der Waals surface area contributed by atoms with Gasteiger partial charge in [0.05, 0.1) is 5.69 Å². The van der Waals surface area contributed by atoms with Crippen molar-refractivity contribution in [1.82, 2.24) is 10.2 Å². The highest BCUT2D eigenvalue weighted by molar-refractivity contribution is 7.94. The number of para-hydroxylation sites is 1. The van der Waals surface area contributed by atoms with Gasteiger partial charge in [-0.3, -0.25) is 9.10 Å². The minimum absolute atomic E-state index is 0.161. The van der Waals surface area contributed by atoms with Crippen molar-refractivity contribution in [3.8, 4) is 0 Å². The first-order valence-electron chi connectivity index (χ1n) is 6.62. The fraction of sp³-hybridized carbons (Fsp3) is 0.308. The minimum Gasteiger partial charge on any atom is -0.301 e. The summed E-state index contributed by atoms with van der Waals surface area (Å²) < 4.78 is 25.9. The lowest BCUT2D eigenvalue weighted by Crippen LogP contribution is -2.26. The van der Waals surface area contributed by atoms with Gasteiger partial charge in [0.1, 0.15) is 0 Å². The highest BCUT2D eigenvalue weighted by Crippen LogP contribution is 2.26. The van der Waals surface area contributed by atoms with Gasteiger partial charge >= 0.3 is 0 Å². The Bertz CT molecular complexity index is 744. The van der Waals surface area contributed by atoms with Gasteiger partial charge < -0.3 is 5.32 Å². The van der Waals surface area contributed by atoms with Gasteiger partial charge in [-0.15, -0.1) is 10.2 Å². The Hall–Kier alpha value is -2.00. The smallest absolute Gasteiger partial charge is 0.293 e. The van der Waals surface area contributed by atoms with E-state index in [9.17, 15) is 13.2 Å². The van der Waals surface area contributed by atoms with Crippen LogP contribution in [0.3, 0.4) is 0 Å². The zero-order valence-electron chi connectivity index (χ0n) is 12.2. The molecule has 1 amide bonds. The third kappa shape index (κ3) is 3.60. The van der Waals surface area contributed by atoms with Gasteiger partial charge in [0.15, 0.2) is 0 Å². The quantitative estimate of drug-likeness (QED) is 0.813. The van der Waals surface area contributed by atoms with Crippen LogP contribution in [-0.4, -0.2) is 31.6 Å². The second kappa shape index (κ2) is 6.84. The molecule has 9 heteroatoms. The average molecular weight is 340 g/mol. The number of sulfonamides is 1. The predicted octanol–water partition coefficient (Wildman–Crippen LogP) is 2.10. The van der Waals surface area contributed by atoms with E-state index in [4.69, 9.17) is 0 Å². The molecule has 0 atom stereocenters. The topological polar surface area (TPSA) is 92.3 Å². The number of hydrogen-bond donors (Lipinski definition) is 1. The Kier molecular flexibility index (Phi) is 5.09. The predicted molar refractivity (Wildman–Crippen MR) is 85.5 cm³/mol. The van der Waals surface area contributed by atoms with E-state index < -0.39 is 10.0 Å². The summed E-state index contributed by atoms with van der Waals surface area (Å²) in [7, 11) is -2.35. The largest absolute Gasteiger partial charge is 0.301 e. The van der Waals surface area contributed by atoms with Crippen molar-refractivity contribution in [3.05, 3.63) is 30.3 Å². The molecule has 0 unspecified atom stereocenters. The number of carbonyl (C=O) groups is 1. The lowest BCUT2D eigenvalue weighted by molar-refractivity contribution is -0.116. The molecule has 0 fully saturated rings. The number of benzene rings is 1. The van der Waals surface area contributed by atoms with E-state index in [1.165, 1.54) is 7.05 Å². The van der Waals surface area contributed by atoms with E-state index in [2.05, 4.69) is 15.5 Å². The summed E-state index contributed by atoms with van der Waals surface area (Å²) in [4.78, 5) is 11.5. The monoisotopic (exact) mass is 340 g/mol. The summed E-state index contributed by atoms with van der Waals surface area (Å²) in [5.74, 6) is -0.209. The normalized spacial score (nSPS) is 11.2. The zero-order valence-corrected chi connectivity index (χ0v) is 13.8. The molecule has 1 N–H and O–H groups in total. The first kappa shape index (κ1) is 16.4. The fourth-order valence-electron chi connectivity index (χ4n) is 1.67. The van der Waals surface area contributed by atoms with Crippen molar-refractivity contribution in [3.63, 3.8) is 0 Å². The van der Waals surface area contributed by atoms with Crippen LogP contribution in [0.2, 0.25) is 0 Å². The van der Waals surface area contributed by atoms with Crippen LogP contribution in [0.25, 0.3) is 0 Å². The van der Waals surface area contributed by atoms with E-state index in [-0.39, 0.29) is 15.4 Å². The number of aromatic nitrogens is 2. The second-order valence-corrected chi connectivity index (χ2v) is 7.60. The van der Waals surface area contributed by atoms with Crippen molar-refractivity contribution >= 4 is 38.1 Å². The van der Waals surface area contributed by atoms with Crippen LogP contribution in [0.5, 0.6) is 0 Å². The Balaban J connectivity index is 2.20. The molecule has 0 saturated heterocycles. The zero-order chi connectivity index (χ0) is 16.2. The standard InChI is InChI=1S/C13H16N4O3S2/c1-3-7-11(18)14-12-15-16-13(21-12)22(19,20)17(2)10-8-5-4-6-9-10/h4-6,8-9H,3,7H2,1-2H3,(H,14,15,18). The lowest BCUT2D eigenvalue weighted by Gasteiger charge is -2.16. The van der Waals surface area contributed by atoms with Crippen LogP contribution in [0, 0.1) is 0 Å². The maximum atomic E-state index is 12.5. The van der Waals surface area contributed by atoms with Crippen molar-refractivity contribution in [2.45, 2.75) is 24.1 Å². The van der Waals surface area contributed by atoms with Crippen LogP contribution in [0.4, 0.5) is 10.8 Å². The average Bonchev–Trinajstić information content (AvgIpc) is 2.96. The summed E-state index contributed by atoms with van der Waals surface area (Å²) in [5.41, 5.74) is 0.522. The van der Waals surface area contributed by atoms with Gasteiger partial charge in [-0.05, 0) is 18.6 Å². The van der Waals surface area contributed by atoms with E-state index in [0.29, 0.717) is 18.5 Å². The molecule has 0 aliphatic rings. The molecule has 118 valence electrons. The fourth-order valence-corrected chi connectivity index (χ4v) is 3.93. The van der Waals surface area contributed by atoms with Crippen molar-refractivity contribution < 1.29 is 13.2 Å². The van der Waals surface area contributed by atoms with E-state index >= 15 is 0 Å². The highest BCUT2D eigenvalue weighted by Gasteiger charge is 2.26. The number of hydrogen-bond acceptors (Lipinski definition) is 6. The number of nitrogens with one attached hydrogen (secondary N) is 1. The van der Waals surface area contributed by atoms with Crippen molar-refractivity contribution in [2.75, 3.05) is 16.7 Å². The summed E-state index contributed by atoms with van der Waals surface area (Å²) in [5, 5.41) is 10.1. The molecule has 0 radical (unpaired) electrons. The molecule has 0 aliphatic carbocycles. The van der Waals surface area contributed by atoms with E-state index in [0.717, 1.165) is 15.6 Å². The molecule has 0 saturated carbocycles. The molecule has 1 heterocycles. The Morgan fingerprint density at radius 3 is 2.59 bits per heavy atom. The van der Waals surface area contributed by atoms with Gasteiger partial charge in [-0.2, -0.15) is 8.42 Å². The van der Waals surface area contributed by atoms with Gasteiger partial charge in [-0.25, -0.2) is 0 Å². The minimum atomic E-state index is -3.79. The molecule has 2 rings (SSSR count). The highest BCUT2D eigenvalue weighted by atomic mass is 32.2. The van der Waals surface area contributed by atoms with Crippen LogP contribution in [0.1, 0.15) is 19.8 Å². The van der Waals surface area contributed by atoms with Crippen LogP contribution >= 0.6 is 11.3 Å². The number of rotatable bonds is 6. The first-order valence-corrected chi connectivity index (χ1v) is 8.88. The lowest BCUT2D eigenvalue weighted by atomic mass is 10.3. The molecule has 7 nitrogen and oxygen atoms in total. The van der Waals surface area contributed by atoms with Crippen molar-refractivity contribution in [2.24, 2.45) is 0 Å². The van der Waals surface area contributed by atoms with Crippen LogP contribution < -0.4 is 9.62 Å². The summed E-state index contributed by atoms with van der Waals surface area (Å²) in [6.07, 6.45) is 1.05. The Morgan fingerprint density at radius 2 is 1.95 bits per heavy atom. The Morgan fingerprint density at radius 1 is 1.27 bits per heavy atom. The summed E-state index contributed by atoms with van der Waals surface area (Å²) in [6, 6.07) is 8.66. The molecule has 1 aromatic heterocycles. The molecular weight excluding hydrogens is 324 g/mol. The number of amides is 1. The van der Waals surface area contributed by atoms with Crippen LogP contribution in [-0.2, 0) is 14.8 Å². The molecule has 0 aliphatic heterocycles. The molecular formula is C13H16N4O3S2. The van der Waals surface area contributed by atoms with Gasteiger partial charge in [0.25, 0.3) is 14.4 Å². The molecule has 2 aromatic rings. The maximum absolute atomic E-state index is 12.5. The van der Waals surface area contributed by atoms with Crippen molar-refractivity contribution in [1.29, 1.82) is 0 Å². The third-order valence-electron chi connectivity index (χ3n) is 2.83. The van der Waals surface area contributed by atoms with Gasteiger partial charge in [-0.1, -0.05) is 36.5 Å². The molecule has 0 bridgehead atoms. The second-order valence-electron chi connectivity index (χ2n) is 4.48. The maximum Gasteiger partial charge on any atom is 0.293 e. The molecule has 22 heavy (non-hydrogen) atoms. The third-order valence-corrected chi connectivity index (χ3v) is 5.80. The summed E-state index contributed by atoms with van der Waals surface area (Å²) in [6.45, 7) is 1.88. The molecule has 1 aromatic carbocycles. The SMILES string of the molecule is CCCC(=O)Nc1nnc(S(=O)(=O)N(C)c2ccccc2)s1. The van der Waals surface area contributed by atoms with E-state index in [1.54, 1.807) is 30.3 Å². The Labute approximate surface area is 133 Å². The van der Waals surface area contributed by atoms with Gasteiger partial charge in [0, 0.05) is 13.5 Å². The number of anilines is 2. The van der Waals surface area contributed by atoms with E-state index in [1.807, 2.05) is 6.92 Å². The first-order chi connectivity index (χ1) is 10.4. The molecule has 0 spiro atoms. The van der Waals surface area contributed by atoms with Crippen LogP contribution in [0.15, 0.2) is 34.7 Å². The van der Waals surface area contributed by atoms with Gasteiger partial charge in [0.2, 0.25) is 11.0 Å². The number of nitrogens with zero attached hydrogens (tertiary/aromatic N) is 3.